The Morgan fingerprint density at radius 2 is 1.75 bits per heavy atom. The highest BCUT2D eigenvalue weighted by atomic mass is 32.1. The molecule has 1 atom stereocenters. The van der Waals surface area contributed by atoms with Crippen molar-refractivity contribution < 1.29 is 13.9 Å². The van der Waals surface area contributed by atoms with Gasteiger partial charge in [-0.15, -0.1) is 21.5 Å². The minimum Gasteiger partial charge on any atom is -0.452 e. The van der Waals surface area contributed by atoms with Crippen LogP contribution in [0.15, 0.2) is 76.5 Å². The van der Waals surface area contributed by atoms with E-state index in [1.165, 1.54) is 11.3 Å². The van der Waals surface area contributed by atoms with Crippen LogP contribution in [0.3, 0.4) is 0 Å². The molecule has 140 valence electrons. The summed E-state index contributed by atoms with van der Waals surface area (Å²) in [4.78, 5) is 13.2. The number of nitrogens with zero attached hydrogens (tertiary/aromatic N) is 2. The van der Waals surface area contributed by atoms with Crippen LogP contribution in [-0.4, -0.2) is 16.2 Å². The molecule has 0 aliphatic heterocycles. The molecule has 2 heterocycles. The fraction of sp³-hybridized carbons (Fsp3) is 0.136. The number of thiophene rings is 1. The average Bonchev–Trinajstić information content (AvgIpc) is 3.41. The predicted molar refractivity (Wildman–Crippen MR) is 108 cm³/mol. The Morgan fingerprint density at radius 1 is 1.00 bits per heavy atom. The van der Waals surface area contributed by atoms with Crippen molar-refractivity contribution in [1.29, 1.82) is 0 Å². The number of hydrogen-bond acceptors (Lipinski definition) is 6. The van der Waals surface area contributed by atoms with Gasteiger partial charge in [-0.05, 0) is 35.1 Å². The Hall–Kier alpha value is -3.25. The molecular weight excluding hydrogens is 372 g/mol. The van der Waals surface area contributed by atoms with Crippen LogP contribution in [0.1, 0.15) is 24.5 Å². The first-order valence-electron chi connectivity index (χ1n) is 8.90. The zero-order valence-corrected chi connectivity index (χ0v) is 16.1. The number of carbonyl (C=O) groups excluding carboxylic acids is 1. The van der Waals surface area contributed by atoms with Crippen LogP contribution in [-0.2, 0) is 16.0 Å². The Labute approximate surface area is 166 Å². The van der Waals surface area contributed by atoms with E-state index >= 15 is 0 Å². The Kier molecular flexibility index (Phi) is 5.30. The first kappa shape index (κ1) is 18.1. The molecule has 0 N–H and O–H groups in total. The van der Waals surface area contributed by atoms with E-state index in [0.29, 0.717) is 5.89 Å². The lowest BCUT2D eigenvalue weighted by Gasteiger charge is -2.10. The molecule has 0 saturated heterocycles. The van der Waals surface area contributed by atoms with Crippen molar-refractivity contribution in [3.63, 3.8) is 0 Å². The van der Waals surface area contributed by atoms with Gasteiger partial charge in [0, 0.05) is 0 Å². The van der Waals surface area contributed by atoms with Gasteiger partial charge in [-0.1, -0.05) is 60.7 Å². The van der Waals surface area contributed by atoms with Gasteiger partial charge in [0.05, 0.1) is 11.3 Å². The maximum absolute atomic E-state index is 12.3. The molecule has 6 heteroatoms. The van der Waals surface area contributed by atoms with E-state index in [-0.39, 0.29) is 18.3 Å². The molecule has 0 radical (unpaired) electrons. The molecule has 0 bridgehead atoms. The molecule has 0 amide bonds. The van der Waals surface area contributed by atoms with Crippen LogP contribution in [0.25, 0.3) is 21.9 Å². The number of benzene rings is 2. The van der Waals surface area contributed by atoms with Crippen molar-refractivity contribution >= 4 is 17.3 Å². The maximum Gasteiger partial charge on any atom is 0.311 e. The molecule has 0 aliphatic rings. The third-order valence-corrected chi connectivity index (χ3v) is 5.10. The minimum absolute atomic E-state index is 0.186. The van der Waals surface area contributed by atoms with Crippen molar-refractivity contribution in [3.05, 3.63) is 83.6 Å². The van der Waals surface area contributed by atoms with Crippen molar-refractivity contribution in [2.45, 2.75) is 19.4 Å². The second kappa shape index (κ2) is 8.19. The standard InChI is InChI=1S/C22H18N2O3S/c1-15(21-23-24-22(27-21)19-8-5-13-28-19)26-20(25)14-16-9-11-18(12-10-16)17-6-3-2-4-7-17/h2-13,15H,14H2,1H3/t15-/m1/s1. The Bertz CT molecular complexity index is 1040. The van der Waals surface area contributed by atoms with Crippen LogP contribution in [0.4, 0.5) is 0 Å². The molecule has 0 fully saturated rings. The van der Waals surface area contributed by atoms with E-state index in [0.717, 1.165) is 21.6 Å². The smallest absolute Gasteiger partial charge is 0.311 e. The first-order chi connectivity index (χ1) is 13.7. The molecule has 0 aliphatic carbocycles. The van der Waals surface area contributed by atoms with Gasteiger partial charge in [-0.25, -0.2) is 0 Å². The number of rotatable bonds is 6. The van der Waals surface area contributed by atoms with Gasteiger partial charge in [0.25, 0.3) is 11.8 Å². The fourth-order valence-corrected chi connectivity index (χ4v) is 3.44. The van der Waals surface area contributed by atoms with E-state index in [1.54, 1.807) is 6.92 Å². The van der Waals surface area contributed by atoms with Crippen LogP contribution >= 0.6 is 11.3 Å². The van der Waals surface area contributed by atoms with Crippen LogP contribution in [0, 0.1) is 0 Å². The van der Waals surface area contributed by atoms with Gasteiger partial charge in [0.1, 0.15) is 0 Å². The summed E-state index contributed by atoms with van der Waals surface area (Å²) < 4.78 is 11.1. The molecule has 0 saturated carbocycles. The quantitative estimate of drug-likeness (QED) is 0.417. The van der Waals surface area contributed by atoms with Crippen molar-refractivity contribution in [2.24, 2.45) is 0 Å². The molecular formula is C22H18N2O3S. The first-order valence-corrected chi connectivity index (χ1v) is 9.78. The molecule has 0 unspecified atom stereocenters. The molecule has 4 rings (SSSR count). The molecule has 2 aromatic heterocycles. The van der Waals surface area contributed by atoms with E-state index in [2.05, 4.69) is 22.3 Å². The summed E-state index contributed by atoms with van der Waals surface area (Å²) in [5.74, 6) is 0.386. The summed E-state index contributed by atoms with van der Waals surface area (Å²) in [6.07, 6.45) is -0.414. The lowest BCUT2D eigenvalue weighted by atomic mass is 10.0. The molecule has 4 aromatic rings. The van der Waals surface area contributed by atoms with E-state index in [4.69, 9.17) is 9.15 Å². The maximum atomic E-state index is 12.3. The second-order valence-electron chi connectivity index (χ2n) is 6.29. The van der Waals surface area contributed by atoms with Gasteiger partial charge >= 0.3 is 5.97 Å². The van der Waals surface area contributed by atoms with Crippen LogP contribution in [0.2, 0.25) is 0 Å². The highest BCUT2D eigenvalue weighted by molar-refractivity contribution is 7.13. The number of esters is 1. The zero-order chi connectivity index (χ0) is 19.3. The van der Waals surface area contributed by atoms with Crippen molar-refractivity contribution in [1.82, 2.24) is 10.2 Å². The predicted octanol–water partition coefficient (Wildman–Crippen LogP) is 5.31. The molecule has 2 aromatic carbocycles. The topological polar surface area (TPSA) is 65.2 Å². The summed E-state index contributed by atoms with van der Waals surface area (Å²) in [6, 6.07) is 21.8. The zero-order valence-electron chi connectivity index (χ0n) is 15.2. The highest BCUT2D eigenvalue weighted by Crippen LogP contribution is 2.26. The number of carbonyl (C=O) groups is 1. The number of hydrogen-bond donors (Lipinski definition) is 0. The van der Waals surface area contributed by atoms with E-state index in [1.807, 2.05) is 60.0 Å². The highest BCUT2D eigenvalue weighted by Gasteiger charge is 2.19. The lowest BCUT2D eigenvalue weighted by Crippen LogP contribution is -2.11. The van der Waals surface area contributed by atoms with Gasteiger partial charge in [0.15, 0.2) is 6.10 Å². The third kappa shape index (κ3) is 4.18. The Balaban J connectivity index is 1.36. The molecule has 28 heavy (non-hydrogen) atoms. The van der Waals surface area contributed by atoms with Gasteiger partial charge in [-0.2, -0.15) is 0 Å². The monoisotopic (exact) mass is 390 g/mol. The molecule has 5 nitrogen and oxygen atoms in total. The molecule has 0 spiro atoms. The fourth-order valence-electron chi connectivity index (χ4n) is 2.80. The van der Waals surface area contributed by atoms with Gasteiger partial charge in [-0.3, -0.25) is 4.79 Å². The summed E-state index contributed by atoms with van der Waals surface area (Å²) in [7, 11) is 0. The SMILES string of the molecule is C[C@@H](OC(=O)Cc1ccc(-c2ccccc2)cc1)c1nnc(-c2cccs2)o1. The summed E-state index contributed by atoms with van der Waals surface area (Å²) in [6.45, 7) is 1.72. The third-order valence-electron chi connectivity index (χ3n) is 4.24. The summed E-state index contributed by atoms with van der Waals surface area (Å²) in [5.41, 5.74) is 3.14. The average molecular weight is 390 g/mol. The largest absolute Gasteiger partial charge is 0.452 e. The summed E-state index contributed by atoms with van der Waals surface area (Å²) in [5, 5.41) is 9.94. The minimum atomic E-state index is -0.600. The van der Waals surface area contributed by atoms with Gasteiger partial charge in [0.2, 0.25) is 0 Å². The normalized spacial score (nSPS) is 11.9. The van der Waals surface area contributed by atoms with Crippen molar-refractivity contribution in [3.8, 4) is 21.9 Å². The van der Waals surface area contributed by atoms with Crippen molar-refractivity contribution in [2.75, 3.05) is 0 Å². The summed E-state index contributed by atoms with van der Waals surface area (Å²) >= 11 is 1.51. The lowest BCUT2D eigenvalue weighted by molar-refractivity contribution is -0.148. The Morgan fingerprint density at radius 3 is 2.46 bits per heavy atom. The van der Waals surface area contributed by atoms with E-state index in [9.17, 15) is 4.79 Å². The van der Waals surface area contributed by atoms with E-state index < -0.39 is 6.10 Å². The number of aromatic nitrogens is 2. The van der Waals surface area contributed by atoms with Crippen LogP contribution in [0.5, 0.6) is 0 Å². The van der Waals surface area contributed by atoms with Gasteiger partial charge < -0.3 is 9.15 Å². The van der Waals surface area contributed by atoms with Crippen LogP contribution < -0.4 is 0 Å². The second-order valence-corrected chi connectivity index (χ2v) is 7.24. The number of ether oxygens (including phenoxy) is 1.